The summed E-state index contributed by atoms with van der Waals surface area (Å²) < 4.78 is 26.9. The lowest BCUT2D eigenvalue weighted by Crippen LogP contribution is -2.15. The summed E-state index contributed by atoms with van der Waals surface area (Å²) >= 11 is 0.805. The SMILES string of the molecule is Nc1nnc(NC(=O)c2cc(F)cc([N+](=O)[O-])c2F)s1. The van der Waals surface area contributed by atoms with Gasteiger partial charge in [0.1, 0.15) is 5.82 Å². The summed E-state index contributed by atoms with van der Waals surface area (Å²) in [5, 5.41) is 19.5. The Bertz CT molecular complexity index is 705. The molecule has 0 atom stereocenters. The monoisotopic (exact) mass is 301 g/mol. The molecule has 0 aliphatic heterocycles. The van der Waals surface area contributed by atoms with E-state index in [1.54, 1.807) is 0 Å². The van der Waals surface area contributed by atoms with Gasteiger partial charge in [-0.25, -0.2) is 4.39 Å². The summed E-state index contributed by atoms with van der Waals surface area (Å²) in [7, 11) is 0. The highest BCUT2D eigenvalue weighted by Gasteiger charge is 2.24. The van der Waals surface area contributed by atoms with E-state index in [0.717, 1.165) is 11.3 Å². The van der Waals surface area contributed by atoms with E-state index in [1.807, 2.05) is 0 Å². The van der Waals surface area contributed by atoms with Crippen LogP contribution in [0.3, 0.4) is 0 Å². The van der Waals surface area contributed by atoms with Crippen molar-refractivity contribution in [2.75, 3.05) is 11.1 Å². The minimum atomic E-state index is -1.44. The number of hydrogen-bond donors (Lipinski definition) is 2. The molecule has 3 N–H and O–H groups in total. The first-order valence-electron chi connectivity index (χ1n) is 4.92. The van der Waals surface area contributed by atoms with Gasteiger partial charge < -0.3 is 5.73 Å². The van der Waals surface area contributed by atoms with E-state index < -0.39 is 33.7 Å². The van der Waals surface area contributed by atoms with Crippen LogP contribution >= 0.6 is 11.3 Å². The van der Waals surface area contributed by atoms with E-state index in [9.17, 15) is 23.7 Å². The molecule has 20 heavy (non-hydrogen) atoms. The summed E-state index contributed by atoms with van der Waals surface area (Å²) in [4.78, 5) is 21.1. The van der Waals surface area contributed by atoms with Crippen molar-refractivity contribution in [3.8, 4) is 0 Å². The van der Waals surface area contributed by atoms with Crippen LogP contribution in [0.1, 0.15) is 10.4 Å². The van der Waals surface area contributed by atoms with Crippen molar-refractivity contribution in [1.82, 2.24) is 10.2 Å². The van der Waals surface area contributed by atoms with Gasteiger partial charge in [-0.2, -0.15) is 4.39 Å². The molecule has 0 aliphatic carbocycles. The fourth-order valence-corrected chi connectivity index (χ4v) is 1.83. The molecular weight excluding hydrogens is 296 g/mol. The smallest absolute Gasteiger partial charge is 0.308 e. The number of nitro groups is 1. The van der Waals surface area contributed by atoms with Crippen LogP contribution < -0.4 is 11.1 Å². The number of benzene rings is 1. The molecule has 2 rings (SSSR count). The summed E-state index contributed by atoms with van der Waals surface area (Å²) in [6.45, 7) is 0. The Hall–Kier alpha value is -2.69. The number of carbonyl (C=O) groups is 1. The molecule has 104 valence electrons. The van der Waals surface area contributed by atoms with Crippen LogP contribution in [0.4, 0.5) is 24.7 Å². The Morgan fingerprint density at radius 1 is 1.40 bits per heavy atom. The van der Waals surface area contributed by atoms with Crippen molar-refractivity contribution in [3.05, 3.63) is 39.4 Å². The molecule has 0 saturated carbocycles. The maximum absolute atomic E-state index is 13.7. The number of nitro benzene ring substituents is 1. The third-order valence-corrected chi connectivity index (χ3v) is 2.79. The Morgan fingerprint density at radius 2 is 2.10 bits per heavy atom. The van der Waals surface area contributed by atoms with E-state index in [0.29, 0.717) is 12.1 Å². The highest BCUT2D eigenvalue weighted by molar-refractivity contribution is 7.19. The van der Waals surface area contributed by atoms with Crippen molar-refractivity contribution < 1.29 is 18.5 Å². The number of nitrogens with one attached hydrogen (secondary N) is 1. The number of rotatable bonds is 3. The molecule has 0 radical (unpaired) electrons. The van der Waals surface area contributed by atoms with E-state index in [-0.39, 0.29) is 10.3 Å². The van der Waals surface area contributed by atoms with E-state index in [4.69, 9.17) is 5.73 Å². The molecule has 1 heterocycles. The van der Waals surface area contributed by atoms with Gasteiger partial charge in [-0.15, -0.1) is 10.2 Å². The molecular formula is C9H5F2N5O3S. The predicted molar refractivity (Wildman–Crippen MR) is 65.3 cm³/mol. The van der Waals surface area contributed by atoms with Gasteiger partial charge in [0.25, 0.3) is 5.91 Å². The Labute approximate surface area is 113 Å². The number of nitrogens with zero attached hydrogens (tertiary/aromatic N) is 3. The minimum absolute atomic E-state index is 0.0428. The lowest BCUT2D eigenvalue weighted by molar-refractivity contribution is -0.387. The second kappa shape index (κ2) is 5.13. The highest BCUT2D eigenvalue weighted by Crippen LogP contribution is 2.24. The van der Waals surface area contributed by atoms with E-state index >= 15 is 0 Å². The van der Waals surface area contributed by atoms with Crippen LogP contribution in [0.25, 0.3) is 0 Å². The number of anilines is 2. The van der Waals surface area contributed by atoms with Crippen molar-refractivity contribution in [3.63, 3.8) is 0 Å². The van der Waals surface area contributed by atoms with Crippen LogP contribution in [-0.4, -0.2) is 21.0 Å². The van der Waals surface area contributed by atoms with Crippen LogP contribution in [0.5, 0.6) is 0 Å². The van der Waals surface area contributed by atoms with Gasteiger partial charge in [0.15, 0.2) is 0 Å². The minimum Gasteiger partial charge on any atom is -0.374 e. The summed E-state index contributed by atoms with van der Waals surface area (Å²) in [5.74, 6) is -3.65. The number of nitrogen functional groups attached to an aromatic ring is 1. The summed E-state index contributed by atoms with van der Waals surface area (Å²) in [6.07, 6.45) is 0. The highest BCUT2D eigenvalue weighted by atomic mass is 32.1. The first-order valence-corrected chi connectivity index (χ1v) is 5.74. The van der Waals surface area contributed by atoms with Crippen LogP contribution in [-0.2, 0) is 0 Å². The Morgan fingerprint density at radius 3 is 2.65 bits per heavy atom. The molecule has 0 unspecified atom stereocenters. The van der Waals surface area contributed by atoms with Gasteiger partial charge in [-0.3, -0.25) is 20.2 Å². The number of halogens is 2. The summed E-state index contributed by atoms with van der Waals surface area (Å²) in [6, 6.07) is 0.928. The lowest BCUT2D eigenvalue weighted by atomic mass is 10.1. The molecule has 2 aromatic rings. The standard InChI is InChI=1S/C9H5F2N5O3S/c10-3-1-4(6(11)5(2-3)16(18)19)7(17)13-9-15-14-8(12)20-9/h1-2H,(H2,12,14)(H,13,15,17). The first-order chi connectivity index (χ1) is 9.38. The second-order valence-corrected chi connectivity index (χ2v) is 4.45. The molecule has 11 heteroatoms. The molecule has 0 bridgehead atoms. The lowest BCUT2D eigenvalue weighted by Gasteiger charge is -2.03. The number of amides is 1. The van der Waals surface area contributed by atoms with Gasteiger partial charge >= 0.3 is 5.69 Å². The normalized spacial score (nSPS) is 10.3. The zero-order valence-electron chi connectivity index (χ0n) is 9.46. The second-order valence-electron chi connectivity index (χ2n) is 3.44. The Balaban J connectivity index is 2.37. The Kier molecular flexibility index (Phi) is 3.52. The van der Waals surface area contributed by atoms with Gasteiger partial charge in [0, 0.05) is 0 Å². The molecule has 0 spiro atoms. The fraction of sp³-hybridized carbons (Fsp3) is 0. The summed E-state index contributed by atoms with van der Waals surface area (Å²) in [5.41, 5.74) is 3.33. The zero-order valence-corrected chi connectivity index (χ0v) is 10.3. The van der Waals surface area contributed by atoms with Gasteiger partial charge in [0.05, 0.1) is 16.6 Å². The van der Waals surface area contributed by atoms with Crippen molar-refractivity contribution in [2.45, 2.75) is 0 Å². The van der Waals surface area contributed by atoms with Gasteiger partial charge in [-0.05, 0) is 6.07 Å². The number of aromatic nitrogens is 2. The van der Waals surface area contributed by atoms with E-state index in [2.05, 4.69) is 15.5 Å². The topological polar surface area (TPSA) is 124 Å². The number of carbonyl (C=O) groups excluding carboxylic acids is 1. The predicted octanol–water partition coefficient (Wildman–Crippen LogP) is 1.56. The van der Waals surface area contributed by atoms with Gasteiger partial charge in [0.2, 0.25) is 16.1 Å². The largest absolute Gasteiger partial charge is 0.374 e. The van der Waals surface area contributed by atoms with Crippen LogP contribution in [0.2, 0.25) is 0 Å². The molecule has 8 nitrogen and oxygen atoms in total. The third-order valence-electron chi connectivity index (χ3n) is 2.12. The molecule has 1 aromatic carbocycles. The van der Waals surface area contributed by atoms with E-state index in [1.165, 1.54) is 0 Å². The molecule has 0 aliphatic rings. The maximum atomic E-state index is 13.7. The van der Waals surface area contributed by atoms with Crippen molar-refractivity contribution >= 4 is 33.2 Å². The average molecular weight is 301 g/mol. The average Bonchev–Trinajstić information content (AvgIpc) is 2.76. The number of nitrogens with two attached hydrogens (primary N) is 1. The first kappa shape index (κ1) is 13.7. The quantitative estimate of drug-likeness (QED) is 0.654. The molecule has 0 saturated heterocycles. The molecule has 1 amide bonds. The zero-order chi connectivity index (χ0) is 14.9. The maximum Gasteiger partial charge on any atom is 0.308 e. The van der Waals surface area contributed by atoms with Crippen molar-refractivity contribution in [2.24, 2.45) is 0 Å². The van der Waals surface area contributed by atoms with Crippen molar-refractivity contribution in [1.29, 1.82) is 0 Å². The number of hydrogen-bond acceptors (Lipinski definition) is 7. The van der Waals surface area contributed by atoms with Crippen LogP contribution in [0.15, 0.2) is 12.1 Å². The third kappa shape index (κ3) is 2.66. The van der Waals surface area contributed by atoms with Crippen LogP contribution in [0, 0.1) is 21.7 Å². The molecule has 1 aromatic heterocycles. The fourth-order valence-electron chi connectivity index (χ4n) is 1.32. The van der Waals surface area contributed by atoms with Gasteiger partial charge in [-0.1, -0.05) is 11.3 Å². The molecule has 0 fully saturated rings.